The third kappa shape index (κ3) is 5.30. The molecule has 0 heterocycles. The number of esters is 1. The summed E-state index contributed by atoms with van der Waals surface area (Å²) in [5.41, 5.74) is 7.40. The van der Waals surface area contributed by atoms with E-state index in [1.165, 1.54) is 6.07 Å². The Bertz CT molecular complexity index is 532. The average molecular weight is 285 g/mol. The number of nitrogens with two attached hydrogens (primary N) is 1. The Hall–Kier alpha value is -1.56. The maximum absolute atomic E-state index is 11.7. The van der Waals surface area contributed by atoms with Crippen LogP contribution in [0.25, 0.3) is 0 Å². The fraction of sp³-hybridized carbons (Fsp3) is 0.462. The van der Waals surface area contributed by atoms with Crippen LogP contribution in [0.4, 0.5) is 5.69 Å². The summed E-state index contributed by atoms with van der Waals surface area (Å²) in [4.78, 5) is 11.7. The second-order valence-electron chi connectivity index (χ2n) is 4.36. The Morgan fingerprint density at radius 3 is 2.58 bits per heavy atom. The monoisotopic (exact) mass is 285 g/mol. The van der Waals surface area contributed by atoms with Gasteiger partial charge >= 0.3 is 5.97 Å². The van der Waals surface area contributed by atoms with Crippen molar-refractivity contribution in [1.29, 1.82) is 0 Å². The minimum Gasteiger partial charge on any atom is -0.462 e. The molecule has 5 nitrogen and oxygen atoms in total. The molecule has 0 bridgehead atoms. The zero-order chi connectivity index (χ0) is 14.5. The normalized spacial score (nSPS) is 11.3. The number of aryl methyl sites for hydroxylation is 1. The largest absolute Gasteiger partial charge is 0.462 e. The van der Waals surface area contributed by atoms with Gasteiger partial charge in [-0.1, -0.05) is 6.92 Å². The van der Waals surface area contributed by atoms with Crippen molar-refractivity contribution >= 4 is 21.5 Å². The minimum absolute atomic E-state index is 0.0345. The predicted molar refractivity (Wildman–Crippen MR) is 74.8 cm³/mol. The SMILES string of the molecule is CCS(=O)(=O)CCCOC(=O)c1cc(C)cc(N)c1. The third-order valence-corrected chi connectivity index (χ3v) is 4.40. The van der Waals surface area contributed by atoms with Gasteiger partial charge < -0.3 is 10.5 Å². The molecule has 0 unspecified atom stereocenters. The van der Waals surface area contributed by atoms with Crippen LogP contribution in [0.15, 0.2) is 18.2 Å². The fourth-order valence-electron chi connectivity index (χ4n) is 1.60. The first kappa shape index (κ1) is 15.5. The van der Waals surface area contributed by atoms with E-state index in [-0.39, 0.29) is 18.1 Å². The van der Waals surface area contributed by atoms with Crippen molar-refractivity contribution in [1.82, 2.24) is 0 Å². The second-order valence-corrected chi connectivity index (χ2v) is 6.83. The van der Waals surface area contributed by atoms with E-state index in [2.05, 4.69) is 0 Å². The van der Waals surface area contributed by atoms with Crippen molar-refractivity contribution < 1.29 is 17.9 Å². The Kier molecular flexibility index (Phi) is 5.35. The van der Waals surface area contributed by atoms with E-state index in [0.717, 1.165) is 5.56 Å². The van der Waals surface area contributed by atoms with Crippen molar-refractivity contribution in [2.45, 2.75) is 20.3 Å². The first-order valence-corrected chi connectivity index (χ1v) is 7.91. The highest BCUT2D eigenvalue weighted by Gasteiger charge is 2.10. The minimum atomic E-state index is -3.01. The fourth-order valence-corrected chi connectivity index (χ4v) is 2.45. The Labute approximate surface area is 113 Å². The zero-order valence-corrected chi connectivity index (χ0v) is 12.0. The molecule has 0 aliphatic rings. The number of hydrogen-bond acceptors (Lipinski definition) is 5. The van der Waals surface area contributed by atoms with Crippen molar-refractivity contribution in [2.75, 3.05) is 23.8 Å². The number of ether oxygens (including phenoxy) is 1. The van der Waals surface area contributed by atoms with Gasteiger partial charge in [0.1, 0.15) is 9.84 Å². The van der Waals surface area contributed by atoms with Crippen molar-refractivity contribution in [3.8, 4) is 0 Å². The molecule has 0 fully saturated rings. The molecule has 0 atom stereocenters. The smallest absolute Gasteiger partial charge is 0.338 e. The van der Waals surface area contributed by atoms with Gasteiger partial charge in [0.05, 0.1) is 17.9 Å². The molecular formula is C13H19NO4S. The van der Waals surface area contributed by atoms with Gasteiger partial charge in [0.15, 0.2) is 0 Å². The van der Waals surface area contributed by atoms with E-state index < -0.39 is 15.8 Å². The highest BCUT2D eigenvalue weighted by molar-refractivity contribution is 7.91. The van der Waals surface area contributed by atoms with Gasteiger partial charge in [-0.3, -0.25) is 0 Å². The Morgan fingerprint density at radius 2 is 2.00 bits per heavy atom. The van der Waals surface area contributed by atoms with E-state index >= 15 is 0 Å². The summed E-state index contributed by atoms with van der Waals surface area (Å²) < 4.78 is 27.5. The summed E-state index contributed by atoms with van der Waals surface area (Å²) in [6.07, 6.45) is 0.309. The summed E-state index contributed by atoms with van der Waals surface area (Å²) in [6, 6.07) is 4.98. The maximum Gasteiger partial charge on any atom is 0.338 e. The first-order chi connectivity index (χ1) is 8.84. The van der Waals surface area contributed by atoms with Gasteiger partial charge in [-0.05, 0) is 37.1 Å². The molecule has 19 heavy (non-hydrogen) atoms. The number of sulfone groups is 1. The van der Waals surface area contributed by atoms with E-state index in [4.69, 9.17) is 10.5 Å². The van der Waals surface area contributed by atoms with Crippen LogP contribution in [0.3, 0.4) is 0 Å². The molecule has 0 aromatic heterocycles. The van der Waals surface area contributed by atoms with Gasteiger partial charge in [-0.15, -0.1) is 0 Å². The Morgan fingerprint density at radius 1 is 1.32 bits per heavy atom. The lowest BCUT2D eigenvalue weighted by molar-refractivity contribution is 0.0505. The topological polar surface area (TPSA) is 86.5 Å². The Balaban J connectivity index is 2.48. The van der Waals surface area contributed by atoms with Crippen LogP contribution >= 0.6 is 0 Å². The molecule has 0 amide bonds. The number of anilines is 1. The van der Waals surface area contributed by atoms with Gasteiger partial charge in [0.2, 0.25) is 0 Å². The molecule has 1 aromatic rings. The number of carbonyl (C=O) groups excluding carboxylic acids is 1. The summed E-state index contributed by atoms with van der Waals surface area (Å²) in [5, 5.41) is 0. The lowest BCUT2D eigenvalue weighted by Gasteiger charge is -2.06. The van der Waals surface area contributed by atoms with Crippen LogP contribution < -0.4 is 5.73 Å². The quantitative estimate of drug-likeness (QED) is 0.487. The molecule has 1 rings (SSSR count). The molecule has 0 aliphatic heterocycles. The molecular weight excluding hydrogens is 266 g/mol. The average Bonchev–Trinajstić information content (AvgIpc) is 2.33. The molecule has 0 radical (unpaired) electrons. The molecule has 0 saturated heterocycles. The predicted octanol–water partition coefficient (Wildman–Crippen LogP) is 1.56. The lowest BCUT2D eigenvalue weighted by Crippen LogP contribution is -2.13. The third-order valence-electron chi connectivity index (χ3n) is 2.61. The van der Waals surface area contributed by atoms with Gasteiger partial charge in [0.25, 0.3) is 0 Å². The molecule has 0 spiro atoms. The second kappa shape index (κ2) is 6.56. The van der Waals surface area contributed by atoms with Gasteiger partial charge in [-0.2, -0.15) is 0 Å². The molecule has 6 heteroatoms. The van der Waals surface area contributed by atoms with Crippen LogP contribution in [0.5, 0.6) is 0 Å². The molecule has 1 aromatic carbocycles. The number of hydrogen-bond donors (Lipinski definition) is 1. The van der Waals surface area contributed by atoms with Crippen LogP contribution in [-0.4, -0.2) is 32.5 Å². The number of carbonyl (C=O) groups is 1. The summed E-state index contributed by atoms with van der Waals surface area (Å²) in [5.74, 6) is -0.341. The van der Waals surface area contributed by atoms with E-state index in [1.807, 2.05) is 6.92 Å². The van der Waals surface area contributed by atoms with E-state index in [0.29, 0.717) is 17.7 Å². The molecule has 106 valence electrons. The highest BCUT2D eigenvalue weighted by Crippen LogP contribution is 2.12. The number of rotatable bonds is 6. The van der Waals surface area contributed by atoms with Gasteiger partial charge in [-0.25, -0.2) is 13.2 Å². The molecule has 0 aliphatic carbocycles. The van der Waals surface area contributed by atoms with Crippen LogP contribution in [-0.2, 0) is 14.6 Å². The first-order valence-electron chi connectivity index (χ1n) is 6.09. The van der Waals surface area contributed by atoms with Crippen LogP contribution in [0, 0.1) is 6.92 Å². The maximum atomic E-state index is 11.7. The molecule has 0 saturated carbocycles. The molecule has 2 N–H and O–H groups in total. The highest BCUT2D eigenvalue weighted by atomic mass is 32.2. The van der Waals surface area contributed by atoms with Crippen LogP contribution in [0.1, 0.15) is 29.3 Å². The van der Waals surface area contributed by atoms with Crippen molar-refractivity contribution in [3.05, 3.63) is 29.3 Å². The van der Waals surface area contributed by atoms with Crippen LogP contribution in [0.2, 0.25) is 0 Å². The lowest BCUT2D eigenvalue weighted by atomic mass is 10.1. The zero-order valence-electron chi connectivity index (χ0n) is 11.2. The van der Waals surface area contributed by atoms with Crippen molar-refractivity contribution in [2.24, 2.45) is 0 Å². The summed E-state index contributed by atoms with van der Waals surface area (Å²) in [7, 11) is -3.01. The standard InChI is InChI=1S/C13H19NO4S/c1-3-19(16,17)6-4-5-18-13(15)11-7-10(2)8-12(14)9-11/h7-9H,3-6,14H2,1-2H3. The van der Waals surface area contributed by atoms with E-state index in [9.17, 15) is 13.2 Å². The summed E-state index contributed by atoms with van der Waals surface area (Å²) >= 11 is 0. The number of benzene rings is 1. The van der Waals surface area contributed by atoms with Gasteiger partial charge in [0, 0.05) is 11.4 Å². The van der Waals surface area contributed by atoms with Crippen molar-refractivity contribution in [3.63, 3.8) is 0 Å². The van der Waals surface area contributed by atoms with E-state index in [1.54, 1.807) is 19.1 Å². The summed E-state index contributed by atoms with van der Waals surface area (Å²) in [6.45, 7) is 3.52. The number of nitrogen functional groups attached to an aromatic ring is 1.